The first kappa shape index (κ1) is 23.7. The molecule has 0 aliphatic heterocycles. The van der Waals surface area contributed by atoms with E-state index in [2.05, 4.69) is 6.92 Å². The maximum atomic E-state index is 13.5. The highest BCUT2D eigenvalue weighted by Gasteiger charge is 2.28. The molecule has 4 rings (SSSR count). The zero-order chi connectivity index (χ0) is 24.2. The maximum Gasteiger partial charge on any atom is 0.287 e. The van der Waals surface area contributed by atoms with Crippen molar-refractivity contribution in [2.75, 3.05) is 6.61 Å². The Morgan fingerprint density at radius 1 is 0.853 bits per heavy atom. The molecule has 174 valence electrons. The Morgan fingerprint density at radius 2 is 1.38 bits per heavy atom. The van der Waals surface area contributed by atoms with Crippen LogP contribution in [-0.4, -0.2) is 26.9 Å². The number of ketones is 1. The highest BCUT2D eigenvalue weighted by Crippen LogP contribution is 2.27. The monoisotopic (exact) mass is 496 g/mol. The lowest BCUT2D eigenvalue weighted by Crippen LogP contribution is -2.23. The van der Waals surface area contributed by atoms with Crippen molar-refractivity contribution in [3.05, 3.63) is 104 Å². The number of aromatic nitrogens is 2. The number of carbonyl (C=O) groups excluding carboxylic acids is 1. The van der Waals surface area contributed by atoms with E-state index in [-0.39, 0.29) is 11.1 Å². The van der Waals surface area contributed by atoms with Crippen LogP contribution in [0.2, 0.25) is 10.0 Å². The van der Waals surface area contributed by atoms with Gasteiger partial charge in [-0.3, -0.25) is 9.59 Å². The van der Waals surface area contributed by atoms with Crippen molar-refractivity contribution in [3.63, 3.8) is 0 Å². The standard InChI is InChI=1S/C26H22Cl2N2O4/c1-2-3-16-34-22-14-4-17(5-15-22)24(31)23-25(32)29(20-10-6-18(27)7-11-20)30(26(23)33)21-12-8-19(28)9-13-21/h4-15,32H,2-3,16H2,1H3. The molecule has 4 aromatic rings. The van der Waals surface area contributed by atoms with E-state index in [4.69, 9.17) is 27.9 Å². The first-order valence-electron chi connectivity index (χ1n) is 10.8. The summed E-state index contributed by atoms with van der Waals surface area (Å²) in [6, 6.07) is 19.6. The van der Waals surface area contributed by atoms with Crippen molar-refractivity contribution in [3.8, 4) is 23.0 Å². The molecule has 1 heterocycles. The lowest BCUT2D eigenvalue weighted by molar-refractivity contribution is 0.103. The molecular formula is C26H22Cl2N2O4. The summed E-state index contributed by atoms with van der Waals surface area (Å²) in [6.07, 6.45) is 1.94. The first-order chi connectivity index (χ1) is 16.4. The van der Waals surface area contributed by atoms with E-state index in [0.717, 1.165) is 12.8 Å². The van der Waals surface area contributed by atoms with Crippen LogP contribution in [0.25, 0.3) is 11.4 Å². The van der Waals surface area contributed by atoms with Crippen molar-refractivity contribution in [1.82, 2.24) is 9.36 Å². The summed E-state index contributed by atoms with van der Waals surface area (Å²) < 4.78 is 8.14. The number of ether oxygens (including phenoxy) is 1. The van der Waals surface area contributed by atoms with Crippen LogP contribution in [0.15, 0.2) is 77.6 Å². The quantitative estimate of drug-likeness (QED) is 0.238. The van der Waals surface area contributed by atoms with E-state index >= 15 is 0 Å². The van der Waals surface area contributed by atoms with Crippen molar-refractivity contribution >= 4 is 29.0 Å². The number of nitrogens with zero attached hydrogens (tertiary/aromatic N) is 2. The summed E-state index contributed by atoms with van der Waals surface area (Å²) >= 11 is 12.0. The number of rotatable bonds is 8. The van der Waals surface area contributed by atoms with Crippen LogP contribution in [-0.2, 0) is 0 Å². The highest BCUT2D eigenvalue weighted by atomic mass is 35.5. The lowest BCUT2D eigenvalue weighted by atomic mass is 10.1. The number of aromatic hydroxyl groups is 1. The topological polar surface area (TPSA) is 73.5 Å². The second-order valence-electron chi connectivity index (χ2n) is 7.64. The fourth-order valence-corrected chi connectivity index (χ4v) is 3.76. The predicted octanol–water partition coefficient (Wildman–Crippen LogP) is 6.05. The minimum absolute atomic E-state index is 0.256. The molecule has 8 heteroatoms. The van der Waals surface area contributed by atoms with Gasteiger partial charge >= 0.3 is 0 Å². The molecule has 0 spiro atoms. The summed E-state index contributed by atoms with van der Waals surface area (Å²) in [4.78, 5) is 26.8. The fourth-order valence-electron chi connectivity index (χ4n) is 3.51. The third-order valence-electron chi connectivity index (χ3n) is 5.28. The number of hydrogen-bond donors (Lipinski definition) is 1. The molecule has 0 radical (unpaired) electrons. The van der Waals surface area contributed by atoms with Crippen LogP contribution < -0.4 is 10.3 Å². The Bertz CT molecular complexity index is 1360. The van der Waals surface area contributed by atoms with Gasteiger partial charge in [0.2, 0.25) is 11.7 Å². The molecule has 0 aliphatic carbocycles. The Hall–Kier alpha value is -3.48. The summed E-state index contributed by atoms with van der Waals surface area (Å²) in [5.74, 6) is -0.444. The smallest absolute Gasteiger partial charge is 0.287 e. The molecule has 0 saturated carbocycles. The molecule has 0 aliphatic rings. The SMILES string of the molecule is CCCCOc1ccc(C(=O)c2c(O)n(-c3ccc(Cl)cc3)n(-c3ccc(Cl)cc3)c2=O)cc1. The van der Waals surface area contributed by atoms with Crippen LogP contribution in [0.3, 0.4) is 0 Å². The summed E-state index contributed by atoms with van der Waals surface area (Å²) in [6.45, 7) is 2.66. The van der Waals surface area contributed by atoms with Gasteiger partial charge in [-0.1, -0.05) is 36.5 Å². The average Bonchev–Trinajstić information content (AvgIpc) is 3.10. The van der Waals surface area contributed by atoms with Crippen LogP contribution in [0.5, 0.6) is 11.6 Å². The van der Waals surface area contributed by atoms with Gasteiger partial charge in [-0.15, -0.1) is 0 Å². The van der Waals surface area contributed by atoms with Crippen molar-refractivity contribution in [1.29, 1.82) is 0 Å². The molecule has 3 aromatic carbocycles. The molecule has 0 amide bonds. The average molecular weight is 497 g/mol. The van der Waals surface area contributed by atoms with Crippen molar-refractivity contribution in [2.24, 2.45) is 0 Å². The summed E-state index contributed by atoms with van der Waals surface area (Å²) in [7, 11) is 0. The van der Waals surface area contributed by atoms with Gasteiger partial charge < -0.3 is 9.84 Å². The van der Waals surface area contributed by atoms with Gasteiger partial charge in [0, 0.05) is 15.6 Å². The second-order valence-corrected chi connectivity index (χ2v) is 8.51. The minimum Gasteiger partial charge on any atom is -0.494 e. The molecule has 34 heavy (non-hydrogen) atoms. The number of carbonyl (C=O) groups is 1. The fraction of sp³-hybridized carbons (Fsp3) is 0.154. The molecule has 0 fully saturated rings. The van der Waals surface area contributed by atoms with Gasteiger partial charge in [0.1, 0.15) is 5.75 Å². The van der Waals surface area contributed by atoms with E-state index in [1.165, 1.54) is 9.36 Å². The van der Waals surface area contributed by atoms with Gasteiger partial charge in [-0.05, 0) is 79.2 Å². The van der Waals surface area contributed by atoms with Gasteiger partial charge in [0.05, 0.1) is 18.0 Å². The highest BCUT2D eigenvalue weighted by molar-refractivity contribution is 6.30. The Kier molecular flexibility index (Phi) is 7.10. The van der Waals surface area contributed by atoms with E-state index in [1.54, 1.807) is 72.8 Å². The third kappa shape index (κ3) is 4.74. The van der Waals surface area contributed by atoms with Crippen molar-refractivity contribution < 1.29 is 14.6 Å². The van der Waals surface area contributed by atoms with E-state index < -0.39 is 17.2 Å². The van der Waals surface area contributed by atoms with E-state index in [0.29, 0.717) is 33.8 Å². The number of hydrogen-bond acceptors (Lipinski definition) is 4. The van der Waals surface area contributed by atoms with E-state index in [9.17, 15) is 14.7 Å². The number of benzene rings is 3. The summed E-state index contributed by atoms with van der Waals surface area (Å²) in [5, 5.41) is 12.1. The third-order valence-corrected chi connectivity index (χ3v) is 5.79. The van der Waals surface area contributed by atoms with Crippen LogP contribution in [0, 0.1) is 0 Å². The molecule has 0 unspecified atom stereocenters. The summed E-state index contributed by atoms with van der Waals surface area (Å²) in [5.41, 5.74) is 0.130. The largest absolute Gasteiger partial charge is 0.494 e. The Morgan fingerprint density at radius 3 is 1.91 bits per heavy atom. The first-order valence-corrected chi connectivity index (χ1v) is 11.5. The molecule has 0 saturated heterocycles. The predicted molar refractivity (Wildman–Crippen MR) is 133 cm³/mol. The van der Waals surface area contributed by atoms with Crippen LogP contribution in [0.4, 0.5) is 0 Å². The molecule has 1 N–H and O–H groups in total. The Balaban J connectivity index is 1.81. The van der Waals surface area contributed by atoms with Crippen molar-refractivity contribution in [2.45, 2.75) is 19.8 Å². The molecule has 0 bridgehead atoms. The Labute approximate surface area is 206 Å². The van der Waals surface area contributed by atoms with Gasteiger partial charge in [-0.2, -0.15) is 0 Å². The van der Waals surface area contributed by atoms with Crippen LogP contribution >= 0.6 is 23.2 Å². The number of unbranched alkanes of at least 4 members (excludes halogenated alkanes) is 1. The maximum absolute atomic E-state index is 13.5. The molecule has 1 aromatic heterocycles. The normalized spacial score (nSPS) is 10.9. The van der Waals surface area contributed by atoms with Crippen LogP contribution in [0.1, 0.15) is 35.7 Å². The van der Waals surface area contributed by atoms with E-state index in [1.807, 2.05) is 0 Å². The lowest BCUT2D eigenvalue weighted by Gasteiger charge is -2.12. The molecular weight excluding hydrogens is 475 g/mol. The number of halogens is 2. The minimum atomic E-state index is -0.664. The molecule has 6 nitrogen and oxygen atoms in total. The second kappa shape index (κ2) is 10.2. The zero-order valence-electron chi connectivity index (χ0n) is 18.4. The van der Waals surface area contributed by atoms with Gasteiger partial charge in [0.25, 0.3) is 5.56 Å². The zero-order valence-corrected chi connectivity index (χ0v) is 19.9. The van der Waals surface area contributed by atoms with Gasteiger partial charge in [0.15, 0.2) is 5.56 Å². The molecule has 0 atom stereocenters. The van der Waals surface area contributed by atoms with Gasteiger partial charge in [-0.25, -0.2) is 9.36 Å².